The van der Waals surface area contributed by atoms with E-state index in [-0.39, 0.29) is 12.5 Å². The van der Waals surface area contributed by atoms with Gasteiger partial charge in [-0.3, -0.25) is 14.5 Å². The first-order valence-electron chi connectivity index (χ1n) is 8.99. The molecule has 1 heterocycles. The molecule has 2 amide bonds. The zero-order chi connectivity index (χ0) is 20.3. The molecule has 2 aromatic rings. The Balaban J connectivity index is 1.65. The summed E-state index contributed by atoms with van der Waals surface area (Å²) in [6.45, 7) is 4.83. The fourth-order valence-corrected chi connectivity index (χ4v) is 2.91. The number of rotatable bonds is 5. The molecule has 0 aliphatic carbocycles. The van der Waals surface area contributed by atoms with Crippen molar-refractivity contribution in [3.63, 3.8) is 0 Å². The van der Waals surface area contributed by atoms with Gasteiger partial charge >= 0.3 is 5.97 Å². The number of para-hydroxylation sites is 2. The van der Waals surface area contributed by atoms with E-state index in [0.717, 1.165) is 5.56 Å². The third-order valence-electron chi connectivity index (χ3n) is 4.31. The molecule has 0 unspecified atom stereocenters. The van der Waals surface area contributed by atoms with Gasteiger partial charge in [-0.15, -0.1) is 0 Å². The minimum absolute atomic E-state index is 0.132. The predicted octanol–water partition coefficient (Wildman–Crippen LogP) is 2.68. The summed E-state index contributed by atoms with van der Waals surface area (Å²) < 4.78 is 10.9. The number of fused-ring (bicyclic) bond motifs is 1. The van der Waals surface area contributed by atoms with Crippen LogP contribution >= 0.6 is 0 Å². The van der Waals surface area contributed by atoms with E-state index in [1.807, 2.05) is 25.1 Å². The number of benzene rings is 2. The van der Waals surface area contributed by atoms with Crippen molar-refractivity contribution in [2.45, 2.75) is 33.0 Å². The second-order valence-corrected chi connectivity index (χ2v) is 6.65. The second-order valence-electron chi connectivity index (χ2n) is 6.65. The number of nitrogens with one attached hydrogen (secondary N) is 1. The highest BCUT2D eigenvalue weighted by molar-refractivity contribution is 6.11. The van der Waals surface area contributed by atoms with Crippen LogP contribution in [0.4, 0.5) is 11.4 Å². The van der Waals surface area contributed by atoms with Crippen molar-refractivity contribution >= 4 is 29.2 Å². The molecule has 28 heavy (non-hydrogen) atoms. The average molecular weight is 382 g/mol. The Morgan fingerprint density at radius 2 is 1.82 bits per heavy atom. The third-order valence-corrected chi connectivity index (χ3v) is 4.31. The normalized spacial score (nSPS) is 15.1. The van der Waals surface area contributed by atoms with Gasteiger partial charge in [0.05, 0.1) is 11.4 Å². The Kier molecular flexibility index (Phi) is 5.63. The highest BCUT2D eigenvalue weighted by Crippen LogP contribution is 2.29. The zero-order valence-corrected chi connectivity index (χ0v) is 16.0. The lowest BCUT2D eigenvalue weighted by Crippen LogP contribution is -2.47. The van der Waals surface area contributed by atoms with Crippen molar-refractivity contribution in [2.75, 3.05) is 16.8 Å². The molecule has 1 aliphatic rings. The van der Waals surface area contributed by atoms with Gasteiger partial charge in [0.1, 0.15) is 12.3 Å². The number of hydrogen-bond donors (Lipinski definition) is 1. The molecule has 0 radical (unpaired) electrons. The topological polar surface area (TPSA) is 84.9 Å². The second kappa shape index (κ2) is 8.12. The molecule has 7 nitrogen and oxygen atoms in total. The Bertz CT molecular complexity index is 911. The van der Waals surface area contributed by atoms with Crippen molar-refractivity contribution < 1.29 is 23.9 Å². The van der Waals surface area contributed by atoms with E-state index in [4.69, 9.17) is 9.47 Å². The lowest BCUT2D eigenvalue weighted by atomic mass is 10.1. The largest absolute Gasteiger partial charge is 0.479 e. The van der Waals surface area contributed by atoms with E-state index in [2.05, 4.69) is 5.32 Å². The summed E-state index contributed by atoms with van der Waals surface area (Å²) in [6, 6.07) is 14.3. The van der Waals surface area contributed by atoms with Crippen LogP contribution in [0.1, 0.15) is 19.4 Å². The molecule has 146 valence electrons. The lowest BCUT2D eigenvalue weighted by Gasteiger charge is -2.31. The van der Waals surface area contributed by atoms with Crippen molar-refractivity contribution in [1.29, 1.82) is 0 Å². The van der Waals surface area contributed by atoms with Gasteiger partial charge in [0.25, 0.3) is 5.91 Å². The highest BCUT2D eigenvalue weighted by atomic mass is 16.6. The summed E-state index contributed by atoms with van der Waals surface area (Å²) in [5.41, 5.74) is 2.12. The average Bonchev–Trinajstić information content (AvgIpc) is 2.66. The van der Waals surface area contributed by atoms with Crippen LogP contribution in [0.5, 0.6) is 5.75 Å². The summed E-state index contributed by atoms with van der Waals surface area (Å²) in [7, 11) is 0. The molecule has 2 aromatic carbocycles. The summed E-state index contributed by atoms with van der Waals surface area (Å²) in [4.78, 5) is 38.3. The van der Waals surface area contributed by atoms with E-state index in [1.165, 1.54) is 11.8 Å². The first-order valence-corrected chi connectivity index (χ1v) is 8.99. The van der Waals surface area contributed by atoms with Gasteiger partial charge in [-0.2, -0.15) is 0 Å². The molecule has 0 saturated heterocycles. The minimum atomic E-state index is -1.06. The number of esters is 1. The number of aryl methyl sites for hydroxylation is 1. The van der Waals surface area contributed by atoms with E-state index >= 15 is 0 Å². The van der Waals surface area contributed by atoms with Crippen LogP contribution in [0.2, 0.25) is 0 Å². The van der Waals surface area contributed by atoms with Crippen molar-refractivity contribution in [1.82, 2.24) is 0 Å². The van der Waals surface area contributed by atoms with Gasteiger partial charge < -0.3 is 14.8 Å². The van der Waals surface area contributed by atoms with Crippen LogP contribution < -0.4 is 15.0 Å². The molecular weight excluding hydrogens is 360 g/mol. The monoisotopic (exact) mass is 382 g/mol. The quantitative estimate of drug-likeness (QED) is 0.804. The number of amides is 2. The van der Waals surface area contributed by atoms with Gasteiger partial charge in [-0.25, -0.2) is 4.79 Å². The maximum Gasteiger partial charge on any atom is 0.347 e. The van der Waals surface area contributed by atoms with E-state index < -0.39 is 24.1 Å². The van der Waals surface area contributed by atoms with Crippen LogP contribution in [0, 0.1) is 6.92 Å². The van der Waals surface area contributed by atoms with Crippen molar-refractivity contribution in [2.24, 2.45) is 0 Å². The molecule has 0 spiro atoms. The molecule has 0 fully saturated rings. The third kappa shape index (κ3) is 4.31. The molecule has 7 heteroatoms. The molecule has 0 saturated carbocycles. The van der Waals surface area contributed by atoms with E-state index in [0.29, 0.717) is 17.1 Å². The van der Waals surface area contributed by atoms with Crippen LogP contribution in [0.3, 0.4) is 0 Å². The predicted molar refractivity (Wildman–Crippen MR) is 104 cm³/mol. The minimum Gasteiger partial charge on any atom is -0.479 e. The summed E-state index contributed by atoms with van der Waals surface area (Å²) in [5.74, 6) is -0.887. The van der Waals surface area contributed by atoms with Gasteiger partial charge in [-0.1, -0.05) is 24.3 Å². The number of nitrogens with zero attached hydrogens (tertiary/aromatic N) is 1. The number of anilines is 2. The van der Waals surface area contributed by atoms with Crippen LogP contribution in [0.25, 0.3) is 0 Å². The smallest absolute Gasteiger partial charge is 0.347 e. The lowest BCUT2D eigenvalue weighted by molar-refractivity contribution is -0.160. The number of hydrogen-bond acceptors (Lipinski definition) is 5. The number of ether oxygens (including phenoxy) is 2. The van der Waals surface area contributed by atoms with Gasteiger partial charge in [0.15, 0.2) is 12.2 Å². The maximum atomic E-state index is 12.8. The first-order chi connectivity index (χ1) is 13.3. The summed E-state index contributed by atoms with van der Waals surface area (Å²) in [5, 5.41) is 2.71. The molecule has 1 N–H and O–H groups in total. The fourth-order valence-electron chi connectivity index (χ4n) is 2.91. The number of carbonyl (C=O) groups excluding carboxylic acids is 3. The molecule has 0 aromatic heterocycles. The fraction of sp³-hybridized carbons (Fsp3) is 0.286. The van der Waals surface area contributed by atoms with E-state index in [9.17, 15) is 14.4 Å². The molecule has 1 aliphatic heterocycles. The maximum absolute atomic E-state index is 12.8. The SMILES string of the molecule is Cc1cccc(O[C@@H](C)C(=O)O[C@@H](C)C(=O)N2CC(=O)Nc3ccccc32)c1. The Labute approximate surface area is 163 Å². The summed E-state index contributed by atoms with van der Waals surface area (Å²) in [6.07, 6.45) is -1.94. The van der Waals surface area contributed by atoms with Crippen LogP contribution in [-0.2, 0) is 19.1 Å². The van der Waals surface area contributed by atoms with Gasteiger partial charge in [0.2, 0.25) is 5.91 Å². The van der Waals surface area contributed by atoms with Crippen LogP contribution in [-0.4, -0.2) is 36.5 Å². The van der Waals surface area contributed by atoms with Crippen LogP contribution in [0.15, 0.2) is 48.5 Å². The highest BCUT2D eigenvalue weighted by Gasteiger charge is 2.32. The standard InChI is InChI=1S/C21H22N2O5/c1-13-7-6-8-16(11-13)27-15(3)21(26)28-14(2)20(25)23-12-19(24)22-17-9-4-5-10-18(17)23/h4-11,14-15H,12H2,1-3H3,(H,22,24)/t14-,15-/m0/s1. The molecule has 2 atom stereocenters. The Morgan fingerprint density at radius 1 is 1.07 bits per heavy atom. The number of carbonyl (C=O) groups is 3. The molecular formula is C21H22N2O5. The van der Waals surface area contributed by atoms with Crippen molar-refractivity contribution in [3.05, 3.63) is 54.1 Å². The Hall–Kier alpha value is -3.35. The first kappa shape index (κ1) is 19.4. The molecule has 0 bridgehead atoms. The van der Waals surface area contributed by atoms with Crippen molar-refractivity contribution in [3.8, 4) is 5.75 Å². The molecule has 3 rings (SSSR count). The van der Waals surface area contributed by atoms with Gasteiger partial charge in [0, 0.05) is 0 Å². The Morgan fingerprint density at radius 3 is 2.57 bits per heavy atom. The zero-order valence-electron chi connectivity index (χ0n) is 16.0. The van der Waals surface area contributed by atoms with Gasteiger partial charge in [-0.05, 0) is 50.6 Å². The summed E-state index contributed by atoms with van der Waals surface area (Å²) >= 11 is 0. The van der Waals surface area contributed by atoms with E-state index in [1.54, 1.807) is 37.3 Å².